The first-order chi connectivity index (χ1) is 7.36. The second-order valence-electron chi connectivity index (χ2n) is 3.39. The lowest BCUT2D eigenvalue weighted by Crippen LogP contribution is -1.96. The van der Waals surface area contributed by atoms with Gasteiger partial charge < -0.3 is 4.74 Å². The Kier molecular flexibility index (Phi) is 5.40. The van der Waals surface area contributed by atoms with Gasteiger partial charge in [0.1, 0.15) is 5.75 Å². The van der Waals surface area contributed by atoms with Crippen molar-refractivity contribution in [1.29, 1.82) is 0 Å². The van der Waals surface area contributed by atoms with Crippen LogP contribution in [-0.2, 0) is 0 Å². The summed E-state index contributed by atoms with van der Waals surface area (Å²) in [5.74, 6) is 7.07. The number of hydrogen-bond donors (Lipinski definition) is 0. The van der Waals surface area contributed by atoms with Gasteiger partial charge in [-0.3, -0.25) is 0 Å². The van der Waals surface area contributed by atoms with Crippen LogP contribution in [0, 0.1) is 11.8 Å². The van der Waals surface area contributed by atoms with E-state index in [0.29, 0.717) is 0 Å². The van der Waals surface area contributed by atoms with Gasteiger partial charge in [-0.25, -0.2) is 0 Å². The van der Waals surface area contributed by atoms with E-state index in [1.165, 1.54) is 0 Å². The number of hydrogen-bond acceptors (Lipinski definition) is 1. The molecule has 80 valence electrons. The van der Waals surface area contributed by atoms with Crippen LogP contribution < -0.4 is 4.74 Å². The molecule has 0 atom stereocenters. The summed E-state index contributed by atoms with van der Waals surface area (Å²) in [5.41, 5.74) is 1.03. The first kappa shape index (κ1) is 11.7. The van der Waals surface area contributed by atoms with Gasteiger partial charge in [-0.2, -0.15) is 0 Å². The largest absolute Gasteiger partial charge is 0.494 e. The molecular formula is C14H18O. The van der Waals surface area contributed by atoms with E-state index >= 15 is 0 Å². The maximum Gasteiger partial charge on any atom is 0.120 e. The van der Waals surface area contributed by atoms with E-state index in [-0.39, 0.29) is 0 Å². The van der Waals surface area contributed by atoms with Crippen LogP contribution in [-0.4, -0.2) is 6.61 Å². The fraction of sp³-hybridized carbons (Fsp3) is 0.429. The van der Waals surface area contributed by atoms with E-state index in [1.807, 2.05) is 24.3 Å². The summed E-state index contributed by atoms with van der Waals surface area (Å²) in [5, 5.41) is 0. The van der Waals surface area contributed by atoms with Gasteiger partial charge in [-0.05, 0) is 24.6 Å². The van der Waals surface area contributed by atoms with E-state index < -0.39 is 0 Å². The number of unbranched alkanes of at least 4 members (excludes halogenated alkanes) is 1. The van der Waals surface area contributed by atoms with E-state index in [1.54, 1.807) is 0 Å². The normalized spacial score (nSPS) is 9.20. The number of benzene rings is 1. The van der Waals surface area contributed by atoms with Crippen molar-refractivity contribution < 1.29 is 4.74 Å². The summed E-state index contributed by atoms with van der Waals surface area (Å²) >= 11 is 0. The summed E-state index contributed by atoms with van der Waals surface area (Å²) < 4.78 is 5.60. The molecule has 0 aromatic heterocycles. The topological polar surface area (TPSA) is 9.23 Å². The Morgan fingerprint density at radius 3 is 2.87 bits per heavy atom. The van der Waals surface area contributed by atoms with Crippen LogP contribution in [0.2, 0.25) is 0 Å². The van der Waals surface area contributed by atoms with Crippen molar-refractivity contribution in [3.8, 4) is 17.6 Å². The highest BCUT2D eigenvalue weighted by Gasteiger charge is 1.93. The maximum atomic E-state index is 5.60. The van der Waals surface area contributed by atoms with Gasteiger partial charge in [-0.1, -0.05) is 38.2 Å². The van der Waals surface area contributed by atoms with E-state index in [0.717, 1.165) is 37.2 Å². The zero-order chi connectivity index (χ0) is 10.9. The minimum Gasteiger partial charge on any atom is -0.494 e. The maximum absolute atomic E-state index is 5.60. The van der Waals surface area contributed by atoms with Crippen molar-refractivity contribution in [3.05, 3.63) is 29.8 Å². The first-order valence-electron chi connectivity index (χ1n) is 5.58. The molecule has 0 aliphatic carbocycles. The third kappa shape index (κ3) is 4.56. The molecule has 15 heavy (non-hydrogen) atoms. The monoisotopic (exact) mass is 202 g/mol. The van der Waals surface area contributed by atoms with Gasteiger partial charge >= 0.3 is 0 Å². The first-order valence-corrected chi connectivity index (χ1v) is 5.58. The van der Waals surface area contributed by atoms with Crippen LogP contribution in [0.1, 0.15) is 38.7 Å². The Morgan fingerprint density at radius 1 is 1.27 bits per heavy atom. The zero-order valence-corrected chi connectivity index (χ0v) is 9.55. The molecule has 1 aromatic rings. The molecule has 0 spiro atoms. The molecule has 0 saturated heterocycles. The van der Waals surface area contributed by atoms with Crippen molar-refractivity contribution in [2.75, 3.05) is 6.61 Å². The third-order valence-corrected chi connectivity index (χ3v) is 2.01. The molecule has 1 rings (SSSR count). The molecule has 0 amide bonds. The van der Waals surface area contributed by atoms with Crippen LogP contribution in [0.3, 0.4) is 0 Å². The summed E-state index contributed by atoms with van der Waals surface area (Å²) in [7, 11) is 0. The Hall–Kier alpha value is -1.42. The van der Waals surface area contributed by atoms with Crippen molar-refractivity contribution in [2.24, 2.45) is 0 Å². The van der Waals surface area contributed by atoms with Crippen LogP contribution >= 0.6 is 0 Å². The van der Waals surface area contributed by atoms with Crippen LogP contribution in [0.15, 0.2) is 24.3 Å². The van der Waals surface area contributed by atoms with Crippen molar-refractivity contribution in [2.45, 2.75) is 33.1 Å². The van der Waals surface area contributed by atoms with E-state index in [9.17, 15) is 0 Å². The lowest BCUT2D eigenvalue weighted by Gasteiger charge is -2.04. The highest BCUT2D eigenvalue weighted by molar-refractivity contribution is 5.39. The lowest BCUT2D eigenvalue weighted by atomic mass is 10.2. The molecule has 0 heterocycles. The average Bonchev–Trinajstić information content (AvgIpc) is 2.27. The fourth-order valence-corrected chi connectivity index (χ4v) is 1.19. The molecule has 0 unspecified atom stereocenters. The highest BCUT2D eigenvalue weighted by Crippen LogP contribution is 2.12. The van der Waals surface area contributed by atoms with E-state index in [4.69, 9.17) is 4.74 Å². The molecular weight excluding hydrogens is 184 g/mol. The zero-order valence-electron chi connectivity index (χ0n) is 9.55. The minimum absolute atomic E-state index is 0.793. The van der Waals surface area contributed by atoms with Gasteiger partial charge in [0.05, 0.1) is 6.61 Å². The predicted molar refractivity (Wildman–Crippen MR) is 64.0 cm³/mol. The molecule has 1 aromatic carbocycles. The van der Waals surface area contributed by atoms with Gasteiger partial charge in [0, 0.05) is 12.0 Å². The molecule has 0 N–H and O–H groups in total. The molecule has 0 aliphatic heterocycles. The highest BCUT2D eigenvalue weighted by atomic mass is 16.5. The van der Waals surface area contributed by atoms with Crippen molar-refractivity contribution in [1.82, 2.24) is 0 Å². The molecule has 0 bridgehead atoms. The molecule has 0 aliphatic rings. The second kappa shape index (κ2) is 6.95. The summed E-state index contributed by atoms with van der Waals surface area (Å²) in [4.78, 5) is 0. The average molecular weight is 202 g/mol. The minimum atomic E-state index is 0.793. The Balaban J connectivity index is 2.57. The molecule has 0 radical (unpaired) electrons. The molecule has 0 saturated carbocycles. The van der Waals surface area contributed by atoms with Crippen LogP contribution in [0.5, 0.6) is 5.75 Å². The Labute approximate surface area is 92.5 Å². The fourth-order valence-electron chi connectivity index (χ4n) is 1.19. The number of rotatable bonds is 4. The predicted octanol–water partition coefficient (Wildman–Crippen LogP) is 3.63. The van der Waals surface area contributed by atoms with Crippen LogP contribution in [0.4, 0.5) is 0 Å². The molecule has 0 fully saturated rings. The van der Waals surface area contributed by atoms with Gasteiger partial charge in [0.15, 0.2) is 0 Å². The quantitative estimate of drug-likeness (QED) is 0.535. The second-order valence-corrected chi connectivity index (χ2v) is 3.39. The summed E-state index contributed by atoms with van der Waals surface area (Å²) in [6, 6.07) is 7.97. The lowest BCUT2D eigenvalue weighted by molar-refractivity contribution is 0.309. The number of ether oxygens (including phenoxy) is 1. The molecule has 1 heteroatoms. The SMILES string of the molecule is CCC#Cc1cccc(OCCCC)c1. The van der Waals surface area contributed by atoms with Crippen LogP contribution in [0.25, 0.3) is 0 Å². The van der Waals surface area contributed by atoms with E-state index in [2.05, 4.69) is 25.7 Å². The third-order valence-electron chi connectivity index (χ3n) is 2.01. The summed E-state index contributed by atoms with van der Waals surface area (Å²) in [6.07, 6.45) is 3.15. The summed E-state index contributed by atoms with van der Waals surface area (Å²) in [6.45, 7) is 5.00. The Morgan fingerprint density at radius 2 is 2.13 bits per heavy atom. The van der Waals surface area contributed by atoms with Gasteiger partial charge in [0.25, 0.3) is 0 Å². The molecule has 1 nitrogen and oxygen atoms in total. The van der Waals surface area contributed by atoms with Gasteiger partial charge in [-0.15, -0.1) is 0 Å². The Bertz CT molecular complexity index is 344. The van der Waals surface area contributed by atoms with Crippen molar-refractivity contribution >= 4 is 0 Å². The van der Waals surface area contributed by atoms with Gasteiger partial charge in [0.2, 0.25) is 0 Å². The van der Waals surface area contributed by atoms with Crippen molar-refractivity contribution in [3.63, 3.8) is 0 Å². The standard InChI is InChI=1S/C14H18O/c1-3-5-8-13-9-7-10-14(12-13)15-11-6-4-2/h7,9-10,12H,3-4,6,11H2,1-2H3. The smallest absolute Gasteiger partial charge is 0.120 e.